The van der Waals surface area contributed by atoms with Crippen LogP contribution in [0.3, 0.4) is 0 Å². The van der Waals surface area contributed by atoms with Gasteiger partial charge in [0.1, 0.15) is 5.01 Å². The highest BCUT2D eigenvalue weighted by Crippen LogP contribution is 2.37. The Labute approximate surface area is 146 Å². The van der Waals surface area contributed by atoms with E-state index in [9.17, 15) is 4.79 Å². The zero-order valence-electron chi connectivity index (χ0n) is 12.6. The molecule has 0 N–H and O–H groups in total. The molecule has 0 aliphatic carbocycles. The smallest absolute Gasteiger partial charge is 0.290 e. The zero-order valence-corrected chi connectivity index (χ0v) is 15.0. The molecule has 6 heteroatoms. The summed E-state index contributed by atoms with van der Waals surface area (Å²) in [7, 11) is 0. The van der Waals surface area contributed by atoms with Gasteiger partial charge in [-0.2, -0.15) is 0 Å². The van der Waals surface area contributed by atoms with Crippen molar-refractivity contribution in [1.29, 1.82) is 0 Å². The van der Waals surface area contributed by atoms with Crippen molar-refractivity contribution in [3.63, 3.8) is 0 Å². The van der Waals surface area contributed by atoms with Crippen LogP contribution in [-0.2, 0) is 0 Å². The Morgan fingerprint density at radius 1 is 1.43 bits per heavy atom. The predicted octanol–water partition coefficient (Wildman–Crippen LogP) is 4.94. The van der Waals surface area contributed by atoms with Crippen LogP contribution in [-0.4, -0.2) is 22.3 Å². The van der Waals surface area contributed by atoms with E-state index >= 15 is 0 Å². The third-order valence-electron chi connectivity index (χ3n) is 4.19. The number of carbonyl (C=O) groups excluding carboxylic acids is 1. The van der Waals surface area contributed by atoms with Crippen molar-refractivity contribution >= 4 is 43.4 Å². The van der Waals surface area contributed by atoms with E-state index in [-0.39, 0.29) is 11.9 Å². The summed E-state index contributed by atoms with van der Waals surface area (Å²) in [4.78, 5) is 19.5. The number of fused-ring (bicyclic) bond motifs is 1. The fourth-order valence-corrected chi connectivity index (χ4v) is 4.71. The Morgan fingerprint density at radius 3 is 3.00 bits per heavy atom. The van der Waals surface area contributed by atoms with Gasteiger partial charge in [0.2, 0.25) is 0 Å². The third-order valence-corrected chi connectivity index (χ3v) is 5.72. The maximum absolute atomic E-state index is 12.9. The van der Waals surface area contributed by atoms with Crippen LogP contribution in [0.4, 0.5) is 0 Å². The molecule has 1 aromatic carbocycles. The van der Waals surface area contributed by atoms with Gasteiger partial charge in [-0.15, -0.1) is 11.3 Å². The number of carbonyl (C=O) groups is 1. The van der Waals surface area contributed by atoms with Crippen molar-refractivity contribution in [2.45, 2.75) is 25.8 Å². The standard InChI is InChI=1S/C17H15BrN2O2S/c1-10-9-14(18)22-15(10)17(21)20-8-4-6-12(20)16-19-11-5-2-3-7-13(11)23-16/h2-3,5,7,9,12H,4,6,8H2,1H3. The molecule has 118 valence electrons. The average molecular weight is 391 g/mol. The van der Waals surface area contributed by atoms with E-state index in [0.29, 0.717) is 10.4 Å². The molecule has 1 atom stereocenters. The molecule has 1 aliphatic rings. The van der Waals surface area contributed by atoms with E-state index < -0.39 is 0 Å². The van der Waals surface area contributed by atoms with Crippen LogP contribution in [0.15, 0.2) is 39.4 Å². The number of hydrogen-bond donors (Lipinski definition) is 0. The number of hydrogen-bond acceptors (Lipinski definition) is 4. The van der Waals surface area contributed by atoms with Crippen molar-refractivity contribution < 1.29 is 9.21 Å². The summed E-state index contributed by atoms with van der Waals surface area (Å²) in [5.74, 6) is 0.375. The van der Waals surface area contributed by atoms with E-state index in [1.54, 1.807) is 11.3 Å². The van der Waals surface area contributed by atoms with E-state index in [1.165, 1.54) is 4.70 Å². The summed E-state index contributed by atoms with van der Waals surface area (Å²) in [5.41, 5.74) is 1.86. The summed E-state index contributed by atoms with van der Waals surface area (Å²) in [6.07, 6.45) is 1.94. The summed E-state index contributed by atoms with van der Waals surface area (Å²) >= 11 is 4.97. The van der Waals surface area contributed by atoms with Gasteiger partial charge in [-0.25, -0.2) is 4.98 Å². The molecule has 1 unspecified atom stereocenters. The largest absolute Gasteiger partial charge is 0.444 e. The second-order valence-corrected chi connectivity index (χ2v) is 7.58. The van der Waals surface area contributed by atoms with Crippen LogP contribution in [0.25, 0.3) is 10.2 Å². The van der Waals surface area contributed by atoms with Gasteiger partial charge in [-0.05, 0) is 53.9 Å². The van der Waals surface area contributed by atoms with Gasteiger partial charge in [0.25, 0.3) is 5.91 Å². The van der Waals surface area contributed by atoms with Crippen molar-refractivity contribution in [3.8, 4) is 0 Å². The van der Waals surface area contributed by atoms with Gasteiger partial charge >= 0.3 is 0 Å². The predicted molar refractivity (Wildman–Crippen MR) is 93.8 cm³/mol. The van der Waals surface area contributed by atoms with Crippen molar-refractivity contribution in [1.82, 2.24) is 9.88 Å². The van der Waals surface area contributed by atoms with Crippen molar-refractivity contribution in [2.75, 3.05) is 6.54 Å². The van der Waals surface area contributed by atoms with E-state index in [0.717, 1.165) is 35.5 Å². The Balaban J connectivity index is 1.68. The molecule has 1 saturated heterocycles. The number of rotatable bonds is 2. The molecule has 3 aromatic rings. The Morgan fingerprint density at radius 2 is 2.26 bits per heavy atom. The molecule has 1 amide bonds. The minimum atomic E-state index is -0.0463. The summed E-state index contributed by atoms with van der Waals surface area (Å²) in [6, 6.07) is 9.98. The SMILES string of the molecule is Cc1cc(Br)oc1C(=O)N1CCCC1c1nc2ccccc2s1. The van der Waals surface area contributed by atoms with E-state index in [2.05, 4.69) is 22.0 Å². The second-order valence-electron chi connectivity index (χ2n) is 5.74. The third kappa shape index (κ3) is 2.60. The first-order chi connectivity index (χ1) is 11.1. The van der Waals surface area contributed by atoms with Crippen LogP contribution in [0.1, 0.15) is 40.0 Å². The van der Waals surface area contributed by atoms with Crippen LogP contribution in [0, 0.1) is 6.92 Å². The fourth-order valence-electron chi connectivity index (χ4n) is 3.09. The van der Waals surface area contributed by atoms with Crippen LogP contribution in [0.5, 0.6) is 0 Å². The molecule has 0 spiro atoms. The quantitative estimate of drug-likeness (QED) is 0.622. The lowest BCUT2D eigenvalue weighted by atomic mass is 10.2. The van der Waals surface area contributed by atoms with Crippen molar-refractivity contribution in [2.24, 2.45) is 0 Å². The van der Waals surface area contributed by atoms with Crippen LogP contribution in [0.2, 0.25) is 0 Å². The highest BCUT2D eigenvalue weighted by atomic mass is 79.9. The lowest BCUT2D eigenvalue weighted by Crippen LogP contribution is -2.30. The number of halogens is 1. The Bertz CT molecular complexity index is 853. The number of amides is 1. The average Bonchev–Trinajstić information content (AvgIpc) is 3.23. The first-order valence-electron chi connectivity index (χ1n) is 7.56. The molecule has 0 bridgehead atoms. The van der Waals surface area contributed by atoms with Gasteiger partial charge in [0, 0.05) is 12.1 Å². The molecule has 1 fully saturated rings. The molecule has 4 rings (SSSR count). The molecule has 2 aromatic heterocycles. The lowest BCUT2D eigenvalue weighted by molar-refractivity contribution is 0.0700. The highest BCUT2D eigenvalue weighted by molar-refractivity contribution is 9.10. The van der Waals surface area contributed by atoms with Crippen LogP contribution >= 0.6 is 27.3 Å². The van der Waals surface area contributed by atoms with Gasteiger partial charge in [0.05, 0.1) is 16.3 Å². The number of aromatic nitrogens is 1. The summed E-state index contributed by atoms with van der Waals surface area (Å²) in [6.45, 7) is 2.64. The number of aryl methyl sites for hydroxylation is 1. The van der Waals surface area contributed by atoms with Gasteiger partial charge in [-0.1, -0.05) is 12.1 Å². The maximum atomic E-state index is 12.9. The zero-order chi connectivity index (χ0) is 16.0. The topological polar surface area (TPSA) is 46.3 Å². The maximum Gasteiger partial charge on any atom is 0.290 e. The number of furan rings is 1. The molecule has 1 aliphatic heterocycles. The minimum absolute atomic E-state index is 0.0446. The first-order valence-corrected chi connectivity index (χ1v) is 9.17. The van der Waals surface area contributed by atoms with Gasteiger partial charge < -0.3 is 9.32 Å². The van der Waals surface area contributed by atoms with Gasteiger partial charge in [-0.3, -0.25) is 4.79 Å². The number of nitrogens with zero attached hydrogens (tertiary/aromatic N) is 2. The minimum Gasteiger partial charge on any atom is -0.444 e. The van der Waals surface area contributed by atoms with Gasteiger partial charge in [0.15, 0.2) is 10.4 Å². The molecular formula is C17H15BrN2O2S. The molecule has 3 heterocycles. The molecule has 0 saturated carbocycles. The number of thiazole rings is 1. The summed E-state index contributed by atoms with van der Waals surface area (Å²) < 4.78 is 7.30. The molecule has 0 radical (unpaired) electrons. The first kappa shape index (κ1) is 14.9. The lowest BCUT2D eigenvalue weighted by Gasteiger charge is -2.22. The Kier molecular flexibility index (Phi) is 3.73. The monoisotopic (exact) mass is 390 g/mol. The molecular weight excluding hydrogens is 376 g/mol. The number of benzene rings is 1. The normalized spacial score (nSPS) is 18.0. The number of likely N-dealkylation sites (tertiary alicyclic amines) is 1. The van der Waals surface area contributed by atoms with Crippen molar-refractivity contribution in [3.05, 3.63) is 51.3 Å². The number of para-hydroxylation sites is 1. The molecule has 4 nitrogen and oxygen atoms in total. The van der Waals surface area contributed by atoms with Crippen LogP contribution < -0.4 is 0 Å². The summed E-state index contributed by atoms with van der Waals surface area (Å²) in [5, 5.41) is 1.01. The van der Waals surface area contributed by atoms with E-state index in [4.69, 9.17) is 9.40 Å². The fraction of sp³-hybridized carbons (Fsp3) is 0.294. The van der Waals surface area contributed by atoms with E-state index in [1.807, 2.05) is 36.1 Å². The molecule has 23 heavy (non-hydrogen) atoms. The Hall–Kier alpha value is -1.66. The second kappa shape index (κ2) is 5.76. The highest BCUT2D eigenvalue weighted by Gasteiger charge is 2.34.